The Kier molecular flexibility index (Phi) is 7.47. The topological polar surface area (TPSA) is 48.5 Å². The third-order valence-corrected chi connectivity index (χ3v) is 12.1. The summed E-state index contributed by atoms with van der Waals surface area (Å²) in [6.45, 7) is 4.57. The number of benzene rings is 7. The second kappa shape index (κ2) is 12.5. The fourth-order valence-electron chi connectivity index (χ4n) is 9.13. The van der Waals surface area contributed by atoms with Crippen LogP contribution in [0, 0.1) is 0 Å². The van der Waals surface area contributed by atoms with Gasteiger partial charge in [-0.1, -0.05) is 128 Å². The molecule has 58 heavy (non-hydrogen) atoms. The van der Waals surface area contributed by atoms with E-state index in [1.807, 2.05) is 65.2 Å². The van der Waals surface area contributed by atoms with Crippen molar-refractivity contribution in [3.63, 3.8) is 0 Å². The number of rotatable bonds is 4. The average Bonchev–Trinajstić information content (AvgIpc) is 3.84. The third kappa shape index (κ3) is 4.81. The highest BCUT2D eigenvalue weighted by atomic mass is 15.2. The van der Waals surface area contributed by atoms with Gasteiger partial charge in [0.25, 0.3) is 0 Å². The predicted molar refractivity (Wildman–Crippen MR) is 244 cm³/mol. The van der Waals surface area contributed by atoms with Crippen LogP contribution in [0.1, 0.15) is 25.0 Å². The molecule has 0 bridgehead atoms. The van der Waals surface area contributed by atoms with Crippen molar-refractivity contribution in [2.75, 3.05) is 0 Å². The number of nitrogens with zero attached hydrogens (tertiary/aromatic N) is 5. The third-order valence-electron chi connectivity index (χ3n) is 12.1. The predicted octanol–water partition coefficient (Wildman–Crippen LogP) is 5.68. The molecule has 11 rings (SSSR count). The first-order chi connectivity index (χ1) is 28.1. The van der Waals surface area contributed by atoms with Crippen molar-refractivity contribution in [2.45, 2.75) is 19.3 Å². The highest BCUT2D eigenvalue weighted by Crippen LogP contribution is 2.49. The Morgan fingerprint density at radius 1 is 0.414 bits per heavy atom. The zero-order chi connectivity index (χ0) is 39.6. The van der Waals surface area contributed by atoms with Gasteiger partial charge in [-0.2, -0.15) is 9.97 Å². The lowest BCUT2D eigenvalue weighted by Gasteiger charge is -2.23. The van der Waals surface area contributed by atoms with E-state index in [4.69, 9.17) is 54.2 Å². The van der Waals surface area contributed by atoms with Gasteiger partial charge in [0.15, 0.2) is 11.6 Å². The van der Waals surface area contributed by atoms with E-state index in [2.05, 4.69) is 91.2 Å². The van der Waals surface area contributed by atoms with Gasteiger partial charge < -0.3 is 4.57 Å². The van der Waals surface area contributed by atoms with E-state index in [1.165, 1.54) is 22.3 Å². The maximum Gasteiger partial charge on any atom is 0.238 e. The number of fused-ring (bicyclic) bond motifs is 9. The van der Waals surface area contributed by atoms with Crippen LogP contribution in [0.25, 0.3) is 89.2 Å². The summed E-state index contributed by atoms with van der Waals surface area (Å²) in [5, 5.41) is 3.97. The summed E-state index contributed by atoms with van der Waals surface area (Å²) in [5.41, 5.74) is 11.9. The Bertz CT molecular complexity index is 3360. The van der Waals surface area contributed by atoms with Crippen LogP contribution in [0.4, 0.5) is 0 Å². The molecule has 0 spiro atoms. The smallest absolute Gasteiger partial charge is 0.238 e. The van der Waals surface area contributed by atoms with Crippen LogP contribution in [0.2, 0.25) is 0 Å². The summed E-state index contributed by atoms with van der Waals surface area (Å²) >= 11 is 0. The number of para-hydroxylation sites is 2. The number of hydrogen-bond acceptors (Lipinski definition) is 3. The van der Waals surface area contributed by atoms with Gasteiger partial charge in [0.1, 0.15) is 39.2 Å². The zero-order valence-electron chi connectivity index (χ0n) is 31.8. The summed E-state index contributed by atoms with van der Waals surface area (Å²) in [4.78, 5) is 15.6. The van der Waals surface area contributed by atoms with Crippen LogP contribution in [0.5, 0.6) is 0 Å². The minimum atomic E-state index is -0.119. The van der Waals surface area contributed by atoms with Gasteiger partial charge in [-0.3, -0.25) is 4.57 Å². The van der Waals surface area contributed by atoms with Gasteiger partial charge in [0.05, 0.1) is 22.1 Å². The van der Waals surface area contributed by atoms with Gasteiger partial charge in [0, 0.05) is 43.8 Å². The first-order valence-corrected chi connectivity index (χ1v) is 19.2. The number of hydrogen-bond donors (Lipinski definition) is 0. The lowest BCUT2D eigenvalue weighted by atomic mass is 9.61. The van der Waals surface area contributed by atoms with E-state index in [9.17, 15) is 0 Å². The lowest BCUT2D eigenvalue weighted by Crippen LogP contribution is -2.56. The molecule has 1 aliphatic rings. The average molecular weight is 729 g/mol. The summed E-state index contributed by atoms with van der Waals surface area (Å²) in [6.07, 6.45) is 0. The SMILES string of the molecule is [B]c1c([B])c([B])c(-n2c3ccccc3c3cc4c(cc32)c2ccccc2n4-c2nc(-c3ccccc3)nc(-c3ccc4c(c3)-c3ccccc3C4(C)C)n2)c([B])c1[B]. The molecule has 260 valence electrons. The molecule has 10 radical (unpaired) electrons. The molecule has 3 aromatic heterocycles. The monoisotopic (exact) mass is 729 g/mol. The second-order valence-electron chi connectivity index (χ2n) is 15.6. The van der Waals surface area contributed by atoms with Gasteiger partial charge in [-0.15, -0.1) is 16.4 Å². The highest BCUT2D eigenvalue weighted by molar-refractivity contribution is 6.68. The molecule has 0 N–H and O–H groups in total. The molecule has 1 aliphatic carbocycles. The highest BCUT2D eigenvalue weighted by Gasteiger charge is 2.35. The van der Waals surface area contributed by atoms with Crippen LogP contribution >= 0.6 is 0 Å². The molecule has 0 fully saturated rings. The second-order valence-corrected chi connectivity index (χ2v) is 15.6. The Morgan fingerprint density at radius 2 is 0.931 bits per heavy atom. The molecule has 10 heteroatoms. The normalized spacial score (nSPS) is 13.1. The minimum absolute atomic E-state index is 0.119. The molecule has 0 unspecified atom stereocenters. The molecule has 0 amide bonds. The summed E-state index contributed by atoms with van der Waals surface area (Å²) in [7, 11) is 32.5. The standard InChI is InChI=1S/C48H28B5N5/c1-48(2)33-17-9-6-14-27(33)30-22-26(20-21-34(30)48)46-54-45(25-12-4-3-5-13-25)55-47(56-46)58-36-19-11-8-16-29(36)32-23-37-31(24-38(32)58)28-15-7-10-18-35(28)57(37)44-42(52)40(50)39(49)41(51)43(44)53/h3-24H,1-2H3. The van der Waals surface area contributed by atoms with Crippen LogP contribution in [0.15, 0.2) is 133 Å². The molecular formula is C48H28B5N5. The van der Waals surface area contributed by atoms with Crippen molar-refractivity contribution in [3.8, 4) is 45.5 Å². The Labute approximate surface area is 342 Å². The molecule has 0 aliphatic heterocycles. The largest absolute Gasteiger partial charge is 0.310 e. The molecular weight excluding hydrogens is 701 g/mol. The Balaban J connectivity index is 1.21. The fourth-order valence-corrected chi connectivity index (χ4v) is 9.13. The van der Waals surface area contributed by atoms with Crippen molar-refractivity contribution in [2.24, 2.45) is 0 Å². The van der Waals surface area contributed by atoms with Crippen molar-refractivity contribution < 1.29 is 0 Å². The first-order valence-electron chi connectivity index (χ1n) is 19.2. The Morgan fingerprint density at radius 3 is 1.60 bits per heavy atom. The molecule has 3 heterocycles. The zero-order valence-corrected chi connectivity index (χ0v) is 31.8. The van der Waals surface area contributed by atoms with E-state index in [1.54, 1.807) is 0 Å². The van der Waals surface area contributed by atoms with E-state index >= 15 is 0 Å². The van der Waals surface area contributed by atoms with E-state index in [-0.39, 0.29) is 32.7 Å². The van der Waals surface area contributed by atoms with Crippen molar-refractivity contribution >= 4 is 110 Å². The molecule has 0 saturated heterocycles. The Hall–Kier alpha value is -6.53. The van der Waals surface area contributed by atoms with Crippen LogP contribution in [-0.2, 0) is 5.41 Å². The van der Waals surface area contributed by atoms with Gasteiger partial charge in [-0.25, -0.2) is 4.98 Å². The summed E-state index contributed by atoms with van der Waals surface area (Å²) in [5.74, 6) is 1.67. The van der Waals surface area contributed by atoms with Crippen molar-refractivity contribution in [3.05, 3.63) is 145 Å². The van der Waals surface area contributed by atoms with Gasteiger partial charge in [-0.05, 0) is 52.6 Å². The summed E-state index contributed by atoms with van der Waals surface area (Å²) in [6, 6.07) is 46.1. The van der Waals surface area contributed by atoms with E-state index in [0.29, 0.717) is 23.3 Å². The fraction of sp³-hybridized carbons (Fsp3) is 0.0625. The number of aromatic nitrogens is 5. The van der Waals surface area contributed by atoms with E-state index in [0.717, 1.165) is 54.7 Å². The molecule has 7 aromatic carbocycles. The quantitative estimate of drug-likeness (QED) is 0.220. The minimum Gasteiger partial charge on any atom is -0.310 e. The van der Waals surface area contributed by atoms with Crippen molar-refractivity contribution in [1.82, 2.24) is 24.1 Å². The maximum absolute atomic E-state index is 6.71. The molecule has 5 nitrogen and oxygen atoms in total. The van der Waals surface area contributed by atoms with Crippen LogP contribution in [-0.4, -0.2) is 63.3 Å². The molecule has 0 atom stereocenters. The van der Waals surface area contributed by atoms with E-state index < -0.39 is 0 Å². The van der Waals surface area contributed by atoms with Crippen molar-refractivity contribution in [1.29, 1.82) is 0 Å². The van der Waals surface area contributed by atoms with Gasteiger partial charge >= 0.3 is 0 Å². The first kappa shape index (κ1) is 34.7. The molecule has 10 aromatic rings. The van der Waals surface area contributed by atoms with Crippen LogP contribution < -0.4 is 27.3 Å². The van der Waals surface area contributed by atoms with Crippen LogP contribution in [0.3, 0.4) is 0 Å². The maximum atomic E-state index is 6.71. The van der Waals surface area contributed by atoms with Gasteiger partial charge in [0.2, 0.25) is 5.95 Å². The molecule has 0 saturated carbocycles. The summed E-state index contributed by atoms with van der Waals surface area (Å²) < 4.78 is 4.18. The lowest BCUT2D eigenvalue weighted by molar-refractivity contribution is 0.660.